The van der Waals surface area contributed by atoms with Gasteiger partial charge in [0.25, 0.3) is 0 Å². The van der Waals surface area contributed by atoms with Crippen LogP contribution in [0.25, 0.3) is 11.4 Å². The molecule has 1 aromatic carbocycles. The van der Waals surface area contributed by atoms with Gasteiger partial charge in [-0.1, -0.05) is 36.3 Å². The maximum atomic E-state index is 12.1. The molecule has 0 saturated heterocycles. The fraction of sp³-hybridized carbons (Fsp3) is 0.294. The Balaban J connectivity index is 1.53. The highest BCUT2D eigenvalue weighted by atomic mass is 16.5. The van der Waals surface area contributed by atoms with Crippen LogP contribution in [0.3, 0.4) is 0 Å². The van der Waals surface area contributed by atoms with E-state index < -0.39 is 0 Å². The molecule has 7 heteroatoms. The van der Waals surface area contributed by atoms with Crippen LogP contribution in [0.5, 0.6) is 0 Å². The number of hydrogen-bond donors (Lipinski definition) is 1. The van der Waals surface area contributed by atoms with E-state index >= 15 is 0 Å². The molecule has 1 amide bonds. The van der Waals surface area contributed by atoms with Crippen molar-refractivity contribution in [2.45, 2.75) is 26.9 Å². The number of amides is 1. The predicted molar refractivity (Wildman–Crippen MR) is 87.7 cm³/mol. The number of aromatic nitrogens is 4. The Morgan fingerprint density at radius 2 is 2.12 bits per heavy atom. The van der Waals surface area contributed by atoms with Crippen molar-refractivity contribution in [2.24, 2.45) is 5.92 Å². The summed E-state index contributed by atoms with van der Waals surface area (Å²) in [5.41, 5.74) is 1.90. The molecule has 2 heterocycles. The molecule has 0 fully saturated rings. The Morgan fingerprint density at radius 3 is 2.75 bits per heavy atom. The molecular formula is C17H19N5O2. The van der Waals surface area contributed by atoms with Gasteiger partial charge in [0.15, 0.2) is 0 Å². The first-order chi connectivity index (χ1) is 11.6. The van der Waals surface area contributed by atoms with E-state index in [4.69, 9.17) is 4.52 Å². The number of rotatable bonds is 6. The molecule has 2 aromatic heterocycles. The summed E-state index contributed by atoms with van der Waals surface area (Å²) in [6, 6.07) is 9.56. The van der Waals surface area contributed by atoms with Crippen LogP contribution < -0.4 is 5.32 Å². The van der Waals surface area contributed by atoms with Crippen LogP contribution in [0.4, 0.5) is 0 Å². The minimum atomic E-state index is -0.147. The van der Waals surface area contributed by atoms with Crippen LogP contribution in [0, 0.1) is 12.8 Å². The summed E-state index contributed by atoms with van der Waals surface area (Å²) in [7, 11) is 0. The molecule has 1 atom stereocenters. The number of benzene rings is 1. The highest BCUT2D eigenvalue weighted by Gasteiger charge is 2.13. The topological polar surface area (TPSA) is 85.8 Å². The number of carbonyl (C=O) groups is 1. The minimum absolute atomic E-state index is 0.00312. The van der Waals surface area contributed by atoms with E-state index in [9.17, 15) is 4.79 Å². The lowest BCUT2D eigenvalue weighted by Crippen LogP contribution is -2.31. The SMILES string of the molecule is Cc1nc(-c2ccc(CNC(=O)C(C)Cn3cccn3)cc2)no1. The first-order valence-electron chi connectivity index (χ1n) is 7.76. The molecular weight excluding hydrogens is 306 g/mol. The van der Waals surface area contributed by atoms with Gasteiger partial charge in [0, 0.05) is 31.4 Å². The van der Waals surface area contributed by atoms with Crippen molar-refractivity contribution >= 4 is 5.91 Å². The van der Waals surface area contributed by atoms with Crippen LogP contribution in [0.2, 0.25) is 0 Å². The zero-order chi connectivity index (χ0) is 16.9. The summed E-state index contributed by atoms with van der Waals surface area (Å²) in [6.07, 6.45) is 3.56. The van der Waals surface area contributed by atoms with Gasteiger partial charge >= 0.3 is 0 Å². The van der Waals surface area contributed by atoms with Gasteiger partial charge in [0.05, 0.1) is 12.5 Å². The molecule has 0 spiro atoms. The lowest BCUT2D eigenvalue weighted by atomic mass is 10.1. The van der Waals surface area contributed by atoms with E-state index in [1.165, 1.54) is 0 Å². The van der Waals surface area contributed by atoms with Crippen LogP contribution >= 0.6 is 0 Å². The summed E-state index contributed by atoms with van der Waals surface area (Å²) in [6.45, 7) is 4.69. The van der Waals surface area contributed by atoms with Crippen LogP contribution in [0.1, 0.15) is 18.4 Å². The summed E-state index contributed by atoms with van der Waals surface area (Å²) in [4.78, 5) is 16.3. The first kappa shape index (κ1) is 15.9. The van der Waals surface area contributed by atoms with Crippen LogP contribution in [0.15, 0.2) is 47.2 Å². The summed E-state index contributed by atoms with van der Waals surface area (Å²) in [5.74, 6) is 0.957. The van der Waals surface area contributed by atoms with Crippen molar-refractivity contribution in [3.05, 3.63) is 54.2 Å². The molecule has 7 nitrogen and oxygen atoms in total. The monoisotopic (exact) mass is 325 g/mol. The maximum Gasteiger partial charge on any atom is 0.224 e. The summed E-state index contributed by atoms with van der Waals surface area (Å²) >= 11 is 0. The van der Waals surface area contributed by atoms with Gasteiger partial charge in [0.2, 0.25) is 17.6 Å². The molecule has 1 unspecified atom stereocenters. The number of nitrogens with zero attached hydrogens (tertiary/aromatic N) is 4. The second kappa shape index (κ2) is 7.08. The Hall–Kier alpha value is -2.96. The largest absolute Gasteiger partial charge is 0.352 e. The Morgan fingerprint density at radius 1 is 1.33 bits per heavy atom. The molecule has 0 aliphatic rings. The van der Waals surface area contributed by atoms with Crippen molar-refractivity contribution in [3.8, 4) is 11.4 Å². The highest BCUT2D eigenvalue weighted by Crippen LogP contribution is 2.16. The average molecular weight is 325 g/mol. The third kappa shape index (κ3) is 3.87. The summed E-state index contributed by atoms with van der Waals surface area (Å²) in [5, 5.41) is 10.9. The normalized spacial score (nSPS) is 12.1. The van der Waals surface area contributed by atoms with Crippen molar-refractivity contribution in [2.75, 3.05) is 0 Å². The molecule has 0 aliphatic heterocycles. The van der Waals surface area contributed by atoms with Gasteiger partial charge in [-0.25, -0.2) is 0 Å². The average Bonchev–Trinajstić information content (AvgIpc) is 3.24. The molecule has 124 valence electrons. The number of aryl methyl sites for hydroxylation is 1. The number of hydrogen-bond acceptors (Lipinski definition) is 5. The number of carbonyl (C=O) groups excluding carboxylic acids is 1. The van der Waals surface area contributed by atoms with Gasteiger partial charge in [-0.3, -0.25) is 9.48 Å². The fourth-order valence-electron chi connectivity index (χ4n) is 2.32. The van der Waals surface area contributed by atoms with Crippen molar-refractivity contribution < 1.29 is 9.32 Å². The van der Waals surface area contributed by atoms with Gasteiger partial charge in [0.1, 0.15) is 0 Å². The lowest BCUT2D eigenvalue weighted by molar-refractivity contribution is -0.125. The van der Waals surface area contributed by atoms with Crippen molar-refractivity contribution in [3.63, 3.8) is 0 Å². The van der Waals surface area contributed by atoms with E-state index in [0.29, 0.717) is 24.8 Å². The molecule has 0 bridgehead atoms. The van der Waals surface area contributed by atoms with Gasteiger partial charge in [-0.2, -0.15) is 10.1 Å². The molecule has 3 rings (SSSR count). The molecule has 3 aromatic rings. The smallest absolute Gasteiger partial charge is 0.224 e. The van der Waals surface area contributed by atoms with Crippen molar-refractivity contribution in [1.82, 2.24) is 25.2 Å². The van der Waals surface area contributed by atoms with Crippen LogP contribution in [-0.4, -0.2) is 25.8 Å². The van der Waals surface area contributed by atoms with Crippen LogP contribution in [-0.2, 0) is 17.9 Å². The molecule has 0 radical (unpaired) electrons. The second-order valence-corrected chi connectivity index (χ2v) is 5.68. The highest BCUT2D eigenvalue weighted by molar-refractivity contribution is 5.78. The zero-order valence-electron chi connectivity index (χ0n) is 13.6. The Kier molecular flexibility index (Phi) is 4.69. The lowest BCUT2D eigenvalue weighted by Gasteiger charge is -2.12. The van der Waals surface area contributed by atoms with E-state index in [2.05, 4.69) is 20.6 Å². The Bertz CT molecular complexity index is 793. The second-order valence-electron chi connectivity index (χ2n) is 5.68. The van der Waals surface area contributed by atoms with E-state index in [0.717, 1.165) is 11.1 Å². The van der Waals surface area contributed by atoms with E-state index in [1.54, 1.807) is 17.8 Å². The van der Waals surface area contributed by atoms with E-state index in [1.807, 2.05) is 43.5 Å². The number of nitrogens with one attached hydrogen (secondary N) is 1. The first-order valence-corrected chi connectivity index (χ1v) is 7.76. The van der Waals surface area contributed by atoms with Crippen molar-refractivity contribution in [1.29, 1.82) is 0 Å². The third-order valence-electron chi connectivity index (χ3n) is 3.67. The molecule has 24 heavy (non-hydrogen) atoms. The fourth-order valence-corrected chi connectivity index (χ4v) is 2.32. The van der Waals surface area contributed by atoms with E-state index in [-0.39, 0.29) is 11.8 Å². The molecule has 1 N–H and O–H groups in total. The molecule has 0 saturated carbocycles. The van der Waals surface area contributed by atoms with Gasteiger partial charge < -0.3 is 9.84 Å². The zero-order valence-corrected chi connectivity index (χ0v) is 13.6. The third-order valence-corrected chi connectivity index (χ3v) is 3.67. The van der Waals surface area contributed by atoms with Gasteiger partial charge in [-0.05, 0) is 11.6 Å². The molecule has 0 aliphatic carbocycles. The van der Waals surface area contributed by atoms with Gasteiger partial charge in [-0.15, -0.1) is 0 Å². The summed E-state index contributed by atoms with van der Waals surface area (Å²) < 4.78 is 6.73. The minimum Gasteiger partial charge on any atom is -0.352 e. The maximum absolute atomic E-state index is 12.1. The predicted octanol–water partition coefficient (Wildman–Crippen LogP) is 2.19. The quantitative estimate of drug-likeness (QED) is 0.751. The Labute approximate surface area is 139 Å². The standard InChI is InChI=1S/C17H19N5O2/c1-12(11-22-9-3-8-19-22)17(23)18-10-14-4-6-15(7-5-14)16-20-13(2)24-21-16/h3-9,12H,10-11H2,1-2H3,(H,18,23).